The van der Waals surface area contributed by atoms with E-state index >= 15 is 0 Å². The van der Waals surface area contributed by atoms with Gasteiger partial charge in [-0.05, 0) is 67.4 Å². The van der Waals surface area contributed by atoms with E-state index in [9.17, 15) is 19.5 Å². The second-order valence-corrected chi connectivity index (χ2v) is 6.97. The van der Waals surface area contributed by atoms with Crippen molar-refractivity contribution in [2.75, 3.05) is 17.2 Å². The minimum absolute atomic E-state index is 0.0104. The molecule has 0 radical (unpaired) electrons. The number of nitrogens with one attached hydrogen (secondary N) is 2. The Hall–Kier alpha value is -4.13. The number of para-hydroxylation sites is 1. The highest BCUT2D eigenvalue weighted by atomic mass is 16.5. The van der Waals surface area contributed by atoms with Gasteiger partial charge in [-0.1, -0.05) is 24.3 Å². The molecule has 0 fully saturated rings. The zero-order valence-corrected chi connectivity index (χ0v) is 17.1. The van der Waals surface area contributed by atoms with Crippen molar-refractivity contribution in [1.29, 1.82) is 0 Å². The molecule has 0 aliphatic rings. The topological polar surface area (TPSA) is 105 Å². The fourth-order valence-corrected chi connectivity index (χ4v) is 2.86. The van der Waals surface area contributed by atoms with Crippen LogP contribution in [0.3, 0.4) is 0 Å². The molecule has 7 nitrogen and oxygen atoms in total. The van der Waals surface area contributed by atoms with E-state index in [0.717, 1.165) is 11.1 Å². The first-order valence-corrected chi connectivity index (χ1v) is 9.57. The van der Waals surface area contributed by atoms with Gasteiger partial charge in [0, 0.05) is 11.3 Å². The number of hydrogen-bond donors (Lipinski definition) is 3. The molecule has 0 bridgehead atoms. The van der Waals surface area contributed by atoms with Crippen molar-refractivity contribution < 1.29 is 24.2 Å². The summed E-state index contributed by atoms with van der Waals surface area (Å²) in [4.78, 5) is 36.1. The number of anilines is 2. The molecule has 3 aromatic carbocycles. The molecule has 3 N–H and O–H groups in total. The van der Waals surface area contributed by atoms with Crippen LogP contribution >= 0.6 is 0 Å². The van der Waals surface area contributed by atoms with Crippen molar-refractivity contribution in [2.45, 2.75) is 13.8 Å². The molecule has 0 atom stereocenters. The molecular formula is C24H22N2O5. The van der Waals surface area contributed by atoms with Crippen LogP contribution in [0.5, 0.6) is 5.75 Å². The molecule has 3 rings (SSSR count). The number of carboxylic acid groups (broad SMARTS) is 1. The number of aromatic carboxylic acids is 1. The Morgan fingerprint density at radius 1 is 0.871 bits per heavy atom. The lowest BCUT2D eigenvalue weighted by atomic mass is 10.1. The lowest BCUT2D eigenvalue weighted by molar-refractivity contribution is -0.118. The molecule has 0 saturated heterocycles. The summed E-state index contributed by atoms with van der Waals surface area (Å²) in [6.07, 6.45) is 0. The SMILES string of the molecule is Cc1ccc(OCC(=O)Nc2cccc(C(=O)Nc3ccccc3C(=O)O)c2)cc1C. The summed E-state index contributed by atoms with van der Waals surface area (Å²) >= 11 is 0. The number of aryl methyl sites for hydroxylation is 2. The maximum absolute atomic E-state index is 12.6. The number of amides is 2. The zero-order chi connectivity index (χ0) is 22.4. The molecule has 0 saturated carbocycles. The van der Waals surface area contributed by atoms with Gasteiger partial charge in [0.2, 0.25) is 0 Å². The zero-order valence-electron chi connectivity index (χ0n) is 17.1. The van der Waals surface area contributed by atoms with Gasteiger partial charge in [-0.15, -0.1) is 0 Å². The number of carbonyl (C=O) groups is 3. The van der Waals surface area contributed by atoms with Gasteiger partial charge in [-0.3, -0.25) is 9.59 Å². The molecule has 0 heterocycles. The third-order valence-electron chi connectivity index (χ3n) is 4.66. The molecule has 31 heavy (non-hydrogen) atoms. The Bertz CT molecular complexity index is 1140. The van der Waals surface area contributed by atoms with E-state index in [4.69, 9.17) is 4.74 Å². The Morgan fingerprint density at radius 3 is 2.39 bits per heavy atom. The normalized spacial score (nSPS) is 10.3. The maximum Gasteiger partial charge on any atom is 0.337 e. The minimum Gasteiger partial charge on any atom is -0.484 e. The van der Waals surface area contributed by atoms with Crippen LogP contribution in [0, 0.1) is 13.8 Å². The highest BCUT2D eigenvalue weighted by molar-refractivity contribution is 6.08. The molecule has 2 amide bonds. The average molecular weight is 418 g/mol. The van der Waals surface area contributed by atoms with Gasteiger partial charge in [0.1, 0.15) is 5.75 Å². The number of hydrogen-bond acceptors (Lipinski definition) is 4. The molecule has 0 unspecified atom stereocenters. The van der Waals surface area contributed by atoms with Gasteiger partial charge in [0.25, 0.3) is 11.8 Å². The minimum atomic E-state index is -1.14. The number of rotatable bonds is 7. The highest BCUT2D eigenvalue weighted by Gasteiger charge is 2.14. The van der Waals surface area contributed by atoms with Crippen molar-refractivity contribution in [3.05, 3.63) is 89.0 Å². The van der Waals surface area contributed by atoms with Gasteiger partial charge in [0.15, 0.2) is 6.61 Å². The summed E-state index contributed by atoms with van der Waals surface area (Å²) in [5, 5.41) is 14.5. The molecule has 0 spiro atoms. The number of ether oxygens (including phenoxy) is 1. The van der Waals surface area contributed by atoms with E-state index in [1.54, 1.807) is 36.4 Å². The van der Waals surface area contributed by atoms with Crippen LogP contribution in [0.15, 0.2) is 66.7 Å². The van der Waals surface area contributed by atoms with Crippen LogP contribution < -0.4 is 15.4 Å². The Morgan fingerprint density at radius 2 is 1.65 bits per heavy atom. The van der Waals surface area contributed by atoms with E-state index in [1.807, 2.05) is 26.0 Å². The molecule has 3 aromatic rings. The van der Waals surface area contributed by atoms with Crippen LogP contribution in [0.2, 0.25) is 0 Å². The highest BCUT2D eigenvalue weighted by Crippen LogP contribution is 2.19. The number of benzene rings is 3. The summed E-state index contributed by atoms with van der Waals surface area (Å²) in [5.74, 6) is -1.40. The lowest BCUT2D eigenvalue weighted by Crippen LogP contribution is -2.20. The summed E-state index contributed by atoms with van der Waals surface area (Å²) < 4.78 is 5.52. The number of carboxylic acids is 1. The van der Waals surface area contributed by atoms with Crippen molar-refractivity contribution in [2.24, 2.45) is 0 Å². The van der Waals surface area contributed by atoms with E-state index in [-0.39, 0.29) is 29.3 Å². The van der Waals surface area contributed by atoms with Gasteiger partial charge < -0.3 is 20.5 Å². The summed E-state index contributed by atoms with van der Waals surface area (Å²) in [7, 11) is 0. The van der Waals surface area contributed by atoms with Crippen LogP contribution in [0.25, 0.3) is 0 Å². The maximum atomic E-state index is 12.6. The molecule has 0 aliphatic carbocycles. The number of carbonyl (C=O) groups excluding carboxylic acids is 2. The fraction of sp³-hybridized carbons (Fsp3) is 0.125. The van der Waals surface area contributed by atoms with Crippen LogP contribution in [0.1, 0.15) is 31.8 Å². The van der Waals surface area contributed by atoms with E-state index in [1.165, 1.54) is 18.2 Å². The molecular weight excluding hydrogens is 396 g/mol. The van der Waals surface area contributed by atoms with Crippen molar-refractivity contribution in [3.63, 3.8) is 0 Å². The first kappa shape index (κ1) is 21.6. The van der Waals surface area contributed by atoms with Crippen molar-refractivity contribution >= 4 is 29.2 Å². The summed E-state index contributed by atoms with van der Waals surface area (Å²) in [6, 6.07) is 18.1. The summed E-state index contributed by atoms with van der Waals surface area (Å²) in [6.45, 7) is 3.79. The molecule has 7 heteroatoms. The third-order valence-corrected chi connectivity index (χ3v) is 4.66. The standard InChI is InChI=1S/C24H22N2O5/c1-15-10-11-19(12-16(15)2)31-14-22(27)25-18-7-5-6-17(13-18)23(28)26-21-9-4-3-8-20(21)24(29)30/h3-13H,14H2,1-2H3,(H,25,27)(H,26,28)(H,29,30). The first-order chi connectivity index (χ1) is 14.8. The average Bonchev–Trinajstić information content (AvgIpc) is 2.75. The van der Waals surface area contributed by atoms with Gasteiger partial charge >= 0.3 is 5.97 Å². The Balaban J connectivity index is 1.63. The Labute approximate surface area is 179 Å². The predicted molar refractivity (Wildman–Crippen MR) is 118 cm³/mol. The van der Waals surface area contributed by atoms with E-state index < -0.39 is 11.9 Å². The van der Waals surface area contributed by atoms with Gasteiger partial charge in [0.05, 0.1) is 11.3 Å². The monoisotopic (exact) mass is 418 g/mol. The predicted octanol–water partition coefficient (Wildman–Crippen LogP) is 4.27. The van der Waals surface area contributed by atoms with Crippen molar-refractivity contribution in [1.82, 2.24) is 0 Å². The van der Waals surface area contributed by atoms with Gasteiger partial charge in [-0.2, -0.15) is 0 Å². The van der Waals surface area contributed by atoms with E-state index in [2.05, 4.69) is 10.6 Å². The quantitative estimate of drug-likeness (QED) is 0.531. The Kier molecular flexibility index (Phi) is 6.67. The lowest BCUT2D eigenvalue weighted by Gasteiger charge is -2.11. The van der Waals surface area contributed by atoms with E-state index in [0.29, 0.717) is 11.4 Å². The van der Waals surface area contributed by atoms with Gasteiger partial charge in [-0.25, -0.2) is 4.79 Å². The van der Waals surface area contributed by atoms with Crippen LogP contribution in [0.4, 0.5) is 11.4 Å². The second-order valence-electron chi connectivity index (χ2n) is 6.97. The van der Waals surface area contributed by atoms with Crippen molar-refractivity contribution in [3.8, 4) is 5.75 Å². The fourth-order valence-electron chi connectivity index (χ4n) is 2.86. The molecule has 158 valence electrons. The second kappa shape index (κ2) is 9.58. The largest absolute Gasteiger partial charge is 0.484 e. The third kappa shape index (κ3) is 5.70. The summed E-state index contributed by atoms with van der Waals surface area (Å²) in [5.41, 5.74) is 3.08. The smallest absolute Gasteiger partial charge is 0.337 e. The molecule has 0 aliphatic heterocycles. The molecule has 0 aromatic heterocycles. The first-order valence-electron chi connectivity index (χ1n) is 9.57. The van der Waals surface area contributed by atoms with Crippen LogP contribution in [-0.2, 0) is 4.79 Å². The van der Waals surface area contributed by atoms with Crippen LogP contribution in [-0.4, -0.2) is 29.5 Å².